The number of nitrogens with zero attached hydrogens (tertiary/aromatic N) is 2. The van der Waals surface area contributed by atoms with Crippen LogP contribution in [0.1, 0.15) is 5.69 Å². The molecule has 3 rings (SSSR count). The summed E-state index contributed by atoms with van der Waals surface area (Å²) in [5.41, 5.74) is 0.768. The lowest BCUT2D eigenvalue weighted by molar-refractivity contribution is -0.386. The Morgan fingerprint density at radius 3 is 2.88 bits per heavy atom. The van der Waals surface area contributed by atoms with E-state index in [1.54, 1.807) is 24.3 Å². The van der Waals surface area contributed by atoms with Crippen LogP contribution in [0.3, 0.4) is 0 Å². The second kappa shape index (κ2) is 6.67. The van der Waals surface area contributed by atoms with Crippen molar-refractivity contribution in [3.63, 3.8) is 0 Å². The number of nitro groups is 1. The summed E-state index contributed by atoms with van der Waals surface area (Å²) in [5.74, 6) is -0.465. The molecule has 0 saturated carbocycles. The summed E-state index contributed by atoms with van der Waals surface area (Å²) in [6.07, 6.45) is 1.36. The van der Waals surface area contributed by atoms with Crippen LogP contribution < -0.4 is 4.74 Å². The predicted molar refractivity (Wildman–Crippen MR) is 84.3 cm³/mol. The van der Waals surface area contributed by atoms with Crippen LogP contribution >= 0.6 is 11.6 Å². The lowest BCUT2D eigenvalue weighted by Gasteiger charge is -2.04. The topological polar surface area (TPSA) is 78.4 Å². The van der Waals surface area contributed by atoms with Gasteiger partial charge in [0.25, 0.3) is 0 Å². The average Bonchev–Trinajstić information content (AvgIpc) is 3.01. The van der Waals surface area contributed by atoms with E-state index in [-0.39, 0.29) is 18.0 Å². The summed E-state index contributed by atoms with van der Waals surface area (Å²) in [7, 11) is 0. The van der Waals surface area contributed by atoms with Crippen molar-refractivity contribution in [2.75, 3.05) is 0 Å². The van der Waals surface area contributed by atoms with Gasteiger partial charge >= 0.3 is 5.69 Å². The molecule has 0 amide bonds. The van der Waals surface area contributed by atoms with Gasteiger partial charge in [-0.1, -0.05) is 17.7 Å². The highest BCUT2D eigenvalue weighted by Crippen LogP contribution is 2.28. The van der Waals surface area contributed by atoms with Crippen molar-refractivity contribution in [3.8, 4) is 17.2 Å². The third kappa shape index (κ3) is 3.52. The van der Waals surface area contributed by atoms with Crippen molar-refractivity contribution in [1.29, 1.82) is 0 Å². The van der Waals surface area contributed by atoms with Crippen LogP contribution in [0.2, 0.25) is 5.02 Å². The molecular weight excluding hydrogens is 339 g/mol. The summed E-state index contributed by atoms with van der Waals surface area (Å²) in [4.78, 5) is 14.5. The van der Waals surface area contributed by atoms with Crippen molar-refractivity contribution in [3.05, 3.63) is 75.4 Å². The molecule has 0 radical (unpaired) electrons. The SMILES string of the molecule is O=[N+]([O-])c1ccc(F)cc1OCc1coc(-c2cccc(Cl)c2)n1. The van der Waals surface area contributed by atoms with Crippen molar-refractivity contribution >= 4 is 17.3 Å². The van der Waals surface area contributed by atoms with Crippen LogP contribution in [0.25, 0.3) is 11.5 Å². The van der Waals surface area contributed by atoms with Gasteiger partial charge in [0.15, 0.2) is 5.75 Å². The molecule has 0 atom stereocenters. The normalized spacial score (nSPS) is 10.6. The van der Waals surface area contributed by atoms with E-state index in [0.29, 0.717) is 22.2 Å². The second-order valence-corrected chi connectivity index (χ2v) is 5.25. The van der Waals surface area contributed by atoms with Crippen molar-refractivity contribution in [1.82, 2.24) is 4.98 Å². The number of halogens is 2. The van der Waals surface area contributed by atoms with E-state index in [0.717, 1.165) is 18.2 Å². The lowest BCUT2D eigenvalue weighted by Crippen LogP contribution is -2.00. The molecule has 122 valence electrons. The Labute approximate surface area is 140 Å². The fourth-order valence-electron chi connectivity index (χ4n) is 2.03. The summed E-state index contributed by atoms with van der Waals surface area (Å²) >= 11 is 5.91. The summed E-state index contributed by atoms with van der Waals surface area (Å²) < 4.78 is 23.9. The van der Waals surface area contributed by atoms with Crippen molar-refractivity contribution < 1.29 is 18.5 Å². The first-order chi connectivity index (χ1) is 11.5. The van der Waals surface area contributed by atoms with E-state index in [4.69, 9.17) is 20.8 Å². The zero-order valence-corrected chi connectivity index (χ0v) is 12.9. The van der Waals surface area contributed by atoms with Crippen LogP contribution in [0, 0.1) is 15.9 Å². The summed E-state index contributed by atoms with van der Waals surface area (Å²) in [5, 5.41) is 11.5. The Bertz CT molecular complexity index is 897. The molecule has 1 heterocycles. The standard InChI is InChI=1S/C16H10ClFN2O4/c17-11-3-1-2-10(6-11)16-19-13(9-24-16)8-23-15-7-12(18)4-5-14(15)20(21)22/h1-7,9H,8H2. The molecular formula is C16H10ClFN2O4. The maximum atomic E-state index is 13.3. The van der Waals surface area contributed by atoms with Gasteiger partial charge in [-0.2, -0.15) is 0 Å². The van der Waals surface area contributed by atoms with Gasteiger partial charge in [0, 0.05) is 22.7 Å². The van der Waals surface area contributed by atoms with Crippen LogP contribution in [0.15, 0.2) is 53.1 Å². The molecule has 1 aromatic heterocycles. The number of benzene rings is 2. The van der Waals surface area contributed by atoms with Crippen molar-refractivity contribution in [2.24, 2.45) is 0 Å². The lowest BCUT2D eigenvalue weighted by atomic mass is 10.2. The Morgan fingerprint density at radius 2 is 2.12 bits per heavy atom. The van der Waals surface area contributed by atoms with E-state index in [9.17, 15) is 14.5 Å². The second-order valence-electron chi connectivity index (χ2n) is 4.81. The van der Waals surface area contributed by atoms with Gasteiger partial charge in [-0.15, -0.1) is 0 Å². The van der Waals surface area contributed by atoms with E-state index < -0.39 is 10.7 Å². The maximum absolute atomic E-state index is 13.3. The highest BCUT2D eigenvalue weighted by atomic mass is 35.5. The number of hydrogen-bond acceptors (Lipinski definition) is 5. The first kappa shape index (κ1) is 15.9. The van der Waals surface area contributed by atoms with Gasteiger partial charge in [0.1, 0.15) is 24.4 Å². The van der Waals surface area contributed by atoms with Gasteiger partial charge in [0.2, 0.25) is 5.89 Å². The van der Waals surface area contributed by atoms with Crippen LogP contribution in [-0.2, 0) is 6.61 Å². The highest BCUT2D eigenvalue weighted by molar-refractivity contribution is 6.30. The highest BCUT2D eigenvalue weighted by Gasteiger charge is 2.17. The van der Waals surface area contributed by atoms with Crippen LogP contribution in [0.5, 0.6) is 5.75 Å². The molecule has 6 nitrogen and oxygen atoms in total. The monoisotopic (exact) mass is 348 g/mol. The minimum Gasteiger partial charge on any atom is -0.480 e. The number of hydrogen-bond donors (Lipinski definition) is 0. The maximum Gasteiger partial charge on any atom is 0.311 e. The number of rotatable bonds is 5. The minimum absolute atomic E-state index is 0.103. The molecule has 0 fully saturated rings. The number of oxazole rings is 1. The molecule has 0 aliphatic heterocycles. The zero-order chi connectivity index (χ0) is 17.1. The van der Waals surface area contributed by atoms with Gasteiger partial charge in [-0.05, 0) is 24.3 Å². The fourth-order valence-corrected chi connectivity index (χ4v) is 2.22. The molecule has 3 aromatic rings. The molecule has 0 aliphatic rings. The van der Waals surface area contributed by atoms with Gasteiger partial charge in [0.05, 0.1) is 4.92 Å². The first-order valence-electron chi connectivity index (χ1n) is 6.80. The predicted octanol–water partition coefficient (Wildman–Crippen LogP) is 4.62. The van der Waals surface area contributed by atoms with Crippen LogP contribution in [-0.4, -0.2) is 9.91 Å². The molecule has 24 heavy (non-hydrogen) atoms. The third-order valence-corrected chi connectivity index (χ3v) is 3.35. The Kier molecular flexibility index (Phi) is 4.43. The molecule has 0 unspecified atom stereocenters. The van der Waals surface area contributed by atoms with Gasteiger partial charge in [-0.3, -0.25) is 10.1 Å². The summed E-state index contributed by atoms with van der Waals surface area (Å²) in [6, 6.07) is 9.95. The Hall–Kier alpha value is -2.93. The molecule has 0 N–H and O–H groups in total. The number of aromatic nitrogens is 1. The Balaban J connectivity index is 1.77. The van der Waals surface area contributed by atoms with Crippen molar-refractivity contribution in [2.45, 2.75) is 6.61 Å². The minimum atomic E-state index is -0.644. The summed E-state index contributed by atoms with van der Waals surface area (Å²) in [6.45, 7) is -0.103. The van der Waals surface area contributed by atoms with E-state index in [1.165, 1.54) is 6.26 Å². The molecule has 8 heteroatoms. The molecule has 0 aliphatic carbocycles. The largest absolute Gasteiger partial charge is 0.480 e. The van der Waals surface area contributed by atoms with E-state index >= 15 is 0 Å². The molecule has 0 bridgehead atoms. The third-order valence-electron chi connectivity index (χ3n) is 3.12. The van der Waals surface area contributed by atoms with Crippen LogP contribution in [0.4, 0.5) is 10.1 Å². The quantitative estimate of drug-likeness (QED) is 0.496. The van der Waals surface area contributed by atoms with E-state index in [2.05, 4.69) is 4.98 Å². The number of nitro benzene ring substituents is 1. The van der Waals surface area contributed by atoms with Gasteiger partial charge < -0.3 is 9.15 Å². The Morgan fingerprint density at radius 1 is 1.29 bits per heavy atom. The molecule has 0 spiro atoms. The zero-order valence-electron chi connectivity index (χ0n) is 12.1. The number of ether oxygens (including phenoxy) is 1. The van der Waals surface area contributed by atoms with Gasteiger partial charge in [-0.25, -0.2) is 9.37 Å². The first-order valence-corrected chi connectivity index (χ1v) is 7.18. The molecule has 2 aromatic carbocycles. The smallest absolute Gasteiger partial charge is 0.311 e. The average molecular weight is 349 g/mol. The fraction of sp³-hybridized carbons (Fsp3) is 0.0625. The van der Waals surface area contributed by atoms with E-state index in [1.807, 2.05) is 0 Å². The molecule has 0 saturated heterocycles.